The van der Waals surface area contributed by atoms with Crippen molar-refractivity contribution in [1.82, 2.24) is 10.7 Å². The number of nitrogens with zero attached hydrogens (tertiary/aromatic N) is 1. The molecule has 1 aromatic carbocycles. The summed E-state index contributed by atoms with van der Waals surface area (Å²) >= 11 is 5.26. The fourth-order valence-electron chi connectivity index (χ4n) is 2.56. The highest BCUT2D eigenvalue weighted by Crippen LogP contribution is 2.26. The summed E-state index contributed by atoms with van der Waals surface area (Å²) in [7, 11) is 3.22. The molecule has 1 aliphatic rings. The van der Waals surface area contributed by atoms with Crippen LogP contribution in [0.2, 0.25) is 0 Å². The lowest BCUT2D eigenvalue weighted by Gasteiger charge is -2.23. The Morgan fingerprint density at radius 1 is 1.18 bits per heavy atom. The first-order chi connectivity index (χ1) is 10.7. The van der Waals surface area contributed by atoms with Crippen LogP contribution in [0.1, 0.15) is 37.7 Å². The van der Waals surface area contributed by atoms with Gasteiger partial charge in [-0.2, -0.15) is 5.10 Å². The van der Waals surface area contributed by atoms with Gasteiger partial charge in [0, 0.05) is 6.04 Å². The second kappa shape index (κ2) is 8.58. The number of hydrogen-bond acceptors (Lipinski definition) is 4. The minimum atomic E-state index is 0.477. The van der Waals surface area contributed by atoms with Crippen molar-refractivity contribution in [2.45, 2.75) is 38.1 Å². The number of thiocarbonyl (C=S) groups is 1. The van der Waals surface area contributed by atoms with E-state index in [0.717, 1.165) is 5.56 Å². The molecule has 1 fully saturated rings. The van der Waals surface area contributed by atoms with Gasteiger partial charge in [0.15, 0.2) is 16.6 Å². The molecule has 0 spiro atoms. The van der Waals surface area contributed by atoms with Gasteiger partial charge in [0.2, 0.25) is 0 Å². The van der Waals surface area contributed by atoms with E-state index in [4.69, 9.17) is 21.7 Å². The topological polar surface area (TPSA) is 54.9 Å². The maximum absolute atomic E-state index is 5.26. The van der Waals surface area contributed by atoms with Gasteiger partial charge in [0.25, 0.3) is 0 Å². The third-order valence-corrected chi connectivity index (χ3v) is 3.94. The quantitative estimate of drug-likeness (QED) is 0.496. The van der Waals surface area contributed by atoms with Crippen LogP contribution in [0.25, 0.3) is 0 Å². The smallest absolute Gasteiger partial charge is 0.187 e. The lowest BCUT2D eigenvalue weighted by Crippen LogP contribution is -2.40. The molecule has 0 aromatic heterocycles. The van der Waals surface area contributed by atoms with Crippen molar-refractivity contribution in [3.63, 3.8) is 0 Å². The van der Waals surface area contributed by atoms with Gasteiger partial charge in [0.1, 0.15) is 0 Å². The summed E-state index contributed by atoms with van der Waals surface area (Å²) in [6.07, 6.45) is 7.94. The minimum Gasteiger partial charge on any atom is -0.493 e. The van der Waals surface area contributed by atoms with E-state index in [-0.39, 0.29) is 0 Å². The maximum atomic E-state index is 5.26. The zero-order valence-electron chi connectivity index (χ0n) is 13.1. The Morgan fingerprint density at radius 3 is 2.59 bits per heavy atom. The van der Waals surface area contributed by atoms with Crippen LogP contribution in [-0.4, -0.2) is 31.6 Å². The molecule has 5 nitrogen and oxygen atoms in total. The molecule has 1 aliphatic carbocycles. The maximum Gasteiger partial charge on any atom is 0.187 e. The SMILES string of the molecule is COc1ccc(/C=N/NC(=S)NC2CCCCC2)cc1OC. The van der Waals surface area contributed by atoms with Crippen molar-refractivity contribution < 1.29 is 9.47 Å². The van der Waals surface area contributed by atoms with Crippen LogP contribution in [0.3, 0.4) is 0 Å². The van der Waals surface area contributed by atoms with Gasteiger partial charge in [-0.25, -0.2) is 0 Å². The summed E-state index contributed by atoms with van der Waals surface area (Å²) in [5.74, 6) is 1.37. The Hall–Kier alpha value is -1.82. The fraction of sp³-hybridized carbons (Fsp3) is 0.500. The van der Waals surface area contributed by atoms with Gasteiger partial charge < -0.3 is 14.8 Å². The van der Waals surface area contributed by atoms with Crippen molar-refractivity contribution in [1.29, 1.82) is 0 Å². The molecule has 2 N–H and O–H groups in total. The van der Waals surface area contributed by atoms with Crippen molar-refractivity contribution >= 4 is 23.5 Å². The second-order valence-electron chi connectivity index (χ2n) is 5.29. The molecule has 6 heteroatoms. The van der Waals surface area contributed by atoms with E-state index in [1.807, 2.05) is 18.2 Å². The number of rotatable bonds is 5. The number of nitrogens with one attached hydrogen (secondary N) is 2. The molecule has 1 aromatic rings. The van der Waals surface area contributed by atoms with Gasteiger partial charge in [-0.3, -0.25) is 5.43 Å². The van der Waals surface area contributed by atoms with Crippen molar-refractivity contribution in [3.05, 3.63) is 23.8 Å². The van der Waals surface area contributed by atoms with Gasteiger partial charge in [-0.05, 0) is 48.8 Å². The van der Waals surface area contributed by atoms with Crippen LogP contribution in [0.4, 0.5) is 0 Å². The van der Waals surface area contributed by atoms with Crippen LogP contribution in [0.5, 0.6) is 11.5 Å². The van der Waals surface area contributed by atoms with E-state index in [2.05, 4.69) is 15.8 Å². The molecule has 0 heterocycles. The molecule has 120 valence electrons. The predicted octanol–water partition coefficient (Wildman–Crippen LogP) is 2.83. The first-order valence-corrected chi connectivity index (χ1v) is 7.95. The van der Waals surface area contributed by atoms with Crippen molar-refractivity contribution in [3.8, 4) is 11.5 Å². The molecule has 0 radical (unpaired) electrons. The van der Waals surface area contributed by atoms with Gasteiger partial charge >= 0.3 is 0 Å². The van der Waals surface area contributed by atoms with E-state index in [1.54, 1.807) is 20.4 Å². The molecule has 0 unspecified atom stereocenters. The van der Waals surface area contributed by atoms with Crippen LogP contribution >= 0.6 is 12.2 Å². The van der Waals surface area contributed by atoms with E-state index < -0.39 is 0 Å². The van der Waals surface area contributed by atoms with Crippen LogP contribution in [0, 0.1) is 0 Å². The lowest BCUT2D eigenvalue weighted by molar-refractivity contribution is 0.355. The third kappa shape index (κ3) is 4.87. The fourth-order valence-corrected chi connectivity index (χ4v) is 2.78. The number of ether oxygens (including phenoxy) is 2. The lowest BCUT2D eigenvalue weighted by atomic mass is 9.96. The molecule has 0 aliphatic heterocycles. The molecule has 0 atom stereocenters. The van der Waals surface area contributed by atoms with Crippen LogP contribution in [0.15, 0.2) is 23.3 Å². The molecule has 22 heavy (non-hydrogen) atoms. The van der Waals surface area contributed by atoms with E-state index in [1.165, 1.54) is 32.1 Å². The van der Waals surface area contributed by atoms with Gasteiger partial charge in [-0.1, -0.05) is 19.3 Å². The molecule has 0 bridgehead atoms. The highest BCUT2D eigenvalue weighted by atomic mass is 32.1. The summed E-state index contributed by atoms with van der Waals surface area (Å²) in [5.41, 5.74) is 3.77. The van der Waals surface area contributed by atoms with E-state index >= 15 is 0 Å². The molecule has 0 amide bonds. The zero-order chi connectivity index (χ0) is 15.8. The van der Waals surface area contributed by atoms with Gasteiger partial charge in [0.05, 0.1) is 20.4 Å². The summed E-state index contributed by atoms with van der Waals surface area (Å²) in [5, 5.41) is 8.04. The predicted molar refractivity (Wildman–Crippen MR) is 92.9 cm³/mol. The Kier molecular flexibility index (Phi) is 6.45. The largest absolute Gasteiger partial charge is 0.493 e. The van der Waals surface area contributed by atoms with Gasteiger partial charge in [-0.15, -0.1) is 0 Å². The summed E-state index contributed by atoms with van der Waals surface area (Å²) in [4.78, 5) is 0. The molecule has 2 rings (SSSR count). The molecular formula is C16H23N3O2S. The number of hydrazone groups is 1. The standard InChI is InChI=1S/C16H23N3O2S/c1-20-14-9-8-12(10-15(14)21-2)11-17-19-16(22)18-13-6-4-3-5-7-13/h8-11,13H,3-7H2,1-2H3,(H2,18,19,22)/b17-11+. The second-order valence-corrected chi connectivity index (χ2v) is 5.70. The third-order valence-electron chi connectivity index (χ3n) is 3.73. The number of benzene rings is 1. The first kappa shape index (κ1) is 16.5. The van der Waals surface area contributed by atoms with E-state index in [0.29, 0.717) is 22.7 Å². The van der Waals surface area contributed by atoms with Crippen molar-refractivity contribution in [2.75, 3.05) is 14.2 Å². The normalized spacial score (nSPS) is 15.5. The number of methoxy groups -OCH3 is 2. The average molecular weight is 321 g/mol. The minimum absolute atomic E-state index is 0.477. The average Bonchev–Trinajstić information content (AvgIpc) is 2.55. The summed E-state index contributed by atoms with van der Waals surface area (Å²) < 4.78 is 10.5. The Morgan fingerprint density at radius 2 is 1.91 bits per heavy atom. The zero-order valence-corrected chi connectivity index (χ0v) is 13.9. The number of hydrogen-bond donors (Lipinski definition) is 2. The van der Waals surface area contributed by atoms with Crippen LogP contribution < -0.4 is 20.2 Å². The summed E-state index contributed by atoms with van der Waals surface area (Å²) in [6.45, 7) is 0. The summed E-state index contributed by atoms with van der Waals surface area (Å²) in [6, 6.07) is 6.09. The molecule has 1 saturated carbocycles. The monoisotopic (exact) mass is 321 g/mol. The molecule has 0 saturated heterocycles. The highest BCUT2D eigenvalue weighted by molar-refractivity contribution is 7.80. The Labute approximate surface area is 137 Å². The highest BCUT2D eigenvalue weighted by Gasteiger charge is 2.13. The Bertz CT molecular complexity index is 528. The van der Waals surface area contributed by atoms with Crippen LogP contribution in [-0.2, 0) is 0 Å². The van der Waals surface area contributed by atoms with Crippen molar-refractivity contribution in [2.24, 2.45) is 5.10 Å². The first-order valence-electron chi connectivity index (χ1n) is 7.54. The van der Waals surface area contributed by atoms with E-state index in [9.17, 15) is 0 Å². The Balaban J connectivity index is 1.84. The molecular weight excluding hydrogens is 298 g/mol.